The van der Waals surface area contributed by atoms with Crippen LogP contribution in [-0.4, -0.2) is 22.0 Å². The Morgan fingerprint density at radius 1 is 1.42 bits per heavy atom. The van der Waals surface area contributed by atoms with E-state index < -0.39 is 33.7 Å². The maximum atomic E-state index is 11.7. The van der Waals surface area contributed by atoms with Crippen LogP contribution in [0.2, 0.25) is 5.02 Å². The minimum Gasteiger partial charge on any atom is -0.480 e. The van der Waals surface area contributed by atoms with Crippen molar-refractivity contribution in [2.45, 2.75) is 13.8 Å². The predicted molar refractivity (Wildman–Crippen MR) is 65.2 cm³/mol. The second-order valence-electron chi connectivity index (χ2n) is 4.19. The van der Waals surface area contributed by atoms with Gasteiger partial charge < -0.3 is 9.84 Å². The summed E-state index contributed by atoms with van der Waals surface area (Å²) in [6.07, 6.45) is 0. The Bertz CT molecular complexity index is 554. The fraction of sp³-hybridized carbons (Fsp3) is 0.273. The normalized spacial score (nSPS) is 10.9. The van der Waals surface area contributed by atoms with Gasteiger partial charge in [-0.3, -0.25) is 19.7 Å². The molecular weight excluding hydrogens is 278 g/mol. The van der Waals surface area contributed by atoms with E-state index in [1.165, 1.54) is 6.07 Å². The van der Waals surface area contributed by atoms with Gasteiger partial charge in [0.15, 0.2) is 5.41 Å². The molecule has 0 fully saturated rings. The Hall–Kier alpha value is -2.15. The quantitative estimate of drug-likeness (QED) is 0.299. The molecule has 0 saturated carbocycles. The first-order valence-corrected chi connectivity index (χ1v) is 5.43. The number of carbonyl (C=O) groups excluding carboxylic acids is 1. The highest BCUT2D eigenvalue weighted by Crippen LogP contribution is 2.31. The summed E-state index contributed by atoms with van der Waals surface area (Å²) in [6, 6.07) is 3.41. The average molecular weight is 288 g/mol. The number of nitro groups is 1. The molecule has 7 nitrogen and oxygen atoms in total. The van der Waals surface area contributed by atoms with E-state index in [-0.39, 0.29) is 5.02 Å². The monoisotopic (exact) mass is 287 g/mol. The van der Waals surface area contributed by atoms with Crippen LogP contribution < -0.4 is 4.74 Å². The first kappa shape index (κ1) is 14.9. The van der Waals surface area contributed by atoms with Gasteiger partial charge >= 0.3 is 17.6 Å². The third-order valence-electron chi connectivity index (χ3n) is 2.37. The fourth-order valence-corrected chi connectivity index (χ4v) is 1.20. The number of carbonyl (C=O) groups is 2. The number of carboxylic acid groups (broad SMARTS) is 1. The zero-order valence-corrected chi connectivity index (χ0v) is 10.8. The Morgan fingerprint density at radius 2 is 2.00 bits per heavy atom. The summed E-state index contributed by atoms with van der Waals surface area (Å²) in [7, 11) is 0. The van der Waals surface area contributed by atoms with Gasteiger partial charge in [0.25, 0.3) is 0 Å². The van der Waals surface area contributed by atoms with Gasteiger partial charge in [0.05, 0.1) is 4.92 Å². The van der Waals surface area contributed by atoms with Crippen LogP contribution in [0.3, 0.4) is 0 Å². The van der Waals surface area contributed by atoms with Crippen molar-refractivity contribution >= 4 is 29.2 Å². The summed E-state index contributed by atoms with van der Waals surface area (Å²) in [6.45, 7) is 2.27. The van der Waals surface area contributed by atoms with Crippen LogP contribution >= 0.6 is 11.6 Å². The summed E-state index contributed by atoms with van der Waals surface area (Å²) in [5.74, 6) is -2.91. The first-order valence-electron chi connectivity index (χ1n) is 5.06. The van der Waals surface area contributed by atoms with Gasteiger partial charge in [-0.2, -0.15) is 0 Å². The molecule has 0 heterocycles. The van der Waals surface area contributed by atoms with Gasteiger partial charge in [0.1, 0.15) is 0 Å². The van der Waals surface area contributed by atoms with Crippen molar-refractivity contribution in [1.82, 2.24) is 0 Å². The van der Waals surface area contributed by atoms with Crippen molar-refractivity contribution in [1.29, 1.82) is 0 Å². The van der Waals surface area contributed by atoms with Crippen molar-refractivity contribution in [3.8, 4) is 5.75 Å². The number of esters is 1. The van der Waals surface area contributed by atoms with Gasteiger partial charge in [0, 0.05) is 17.2 Å². The van der Waals surface area contributed by atoms with Crippen LogP contribution in [0.25, 0.3) is 0 Å². The van der Waals surface area contributed by atoms with E-state index in [1.54, 1.807) is 0 Å². The second-order valence-corrected chi connectivity index (χ2v) is 4.63. The largest absolute Gasteiger partial charge is 0.480 e. The Balaban J connectivity index is 3.12. The maximum absolute atomic E-state index is 11.7. The molecule has 1 rings (SSSR count). The molecule has 0 amide bonds. The van der Waals surface area contributed by atoms with Gasteiger partial charge in [-0.15, -0.1) is 0 Å². The minimum absolute atomic E-state index is 0.126. The number of halogens is 1. The van der Waals surface area contributed by atoms with Crippen molar-refractivity contribution in [3.05, 3.63) is 33.3 Å². The average Bonchev–Trinajstić information content (AvgIpc) is 2.28. The van der Waals surface area contributed by atoms with Crippen LogP contribution in [0.5, 0.6) is 5.75 Å². The standard InChI is InChI=1S/C11H10ClNO6/c1-11(2,9(14)15)10(16)19-8-5-6(12)3-4-7(8)13(17)18/h3-5H,1-2H3,(H,14,15). The summed E-state index contributed by atoms with van der Waals surface area (Å²) in [5.41, 5.74) is -2.30. The van der Waals surface area contributed by atoms with Gasteiger partial charge in [-0.25, -0.2) is 0 Å². The molecule has 0 aliphatic carbocycles. The highest BCUT2D eigenvalue weighted by atomic mass is 35.5. The first-order chi connectivity index (χ1) is 8.66. The molecule has 102 valence electrons. The van der Waals surface area contributed by atoms with Crippen molar-refractivity contribution in [2.75, 3.05) is 0 Å². The van der Waals surface area contributed by atoms with E-state index in [1.807, 2.05) is 0 Å². The molecule has 0 unspecified atom stereocenters. The summed E-state index contributed by atoms with van der Waals surface area (Å²) in [5, 5.41) is 19.7. The second kappa shape index (κ2) is 5.23. The van der Waals surface area contributed by atoms with Gasteiger partial charge in [0.2, 0.25) is 5.75 Å². The Kier molecular flexibility index (Phi) is 4.10. The number of nitro benzene ring substituents is 1. The van der Waals surface area contributed by atoms with Crippen LogP contribution in [0.4, 0.5) is 5.69 Å². The van der Waals surface area contributed by atoms with E-state index in [4.69, 9.17) is 21.4 Å². The summed E-state index contributed by atoms with van der Waals surface area (Å²) < 4.78 is 4.77. The number of aliphatic carboxylic acids is 1. The van der Waals surface area contributed by atoms with E-state index in [2.05, 4.69) is 0 Å². The van der Waals surface area contributed by atoms with Crippen molar-refractivity contribution in [2.24, 2.45) is 5.41 Å². The zero-order chi connectivity index (χ0) is 14.8. The number of rotatable bonds is 4. The number of hydrogen-bond donors (Lipinski definition) is 1. The minimum atomic E-state index is -1.82. The van der Waals surface area contributed by atoms with Crippen LogP contribution in [-0.2, 0) is 9.59 Å². The zero-order valence-electron chi connectivity index (χ0n) is 10.0. The highest BCUT2D eigenvalue weighted by molar-refractivity contribution is 6.30. The molecule has 0 radical (unpaired) electrons. The molecular formula is C11H10ClNO6. The third-order valence-corrected chi connectivity index (χ3v) is 2.60. The number of benzene rings is 1. The predicted octanol–water partition coefficient (Wildman–Crippen LogP) is 2.26. The van der Waals surface area contributed by atoms with Crippen LogP contribution in [0.1, 0.15) is 13.8 Å². The van der Waals surface area contributed by atoms with E-state index in [0.29, 0.717) is 0 Å². The van der Waals surface area contributed by atoms with Crippen molar-refractivity contribution in [3.63, 3.8) is 0 Å². The lowest BCUT2D eigenvalue weighted by Crippen LogP contribution is -2.36. The molecule has 0 aliphatic heterocycles. The Labute approximate surface area is 112 Å². The molecule has 0 saturated heterocycles. The lowest BCUT2D eigenvalue weighted by molar-refractivity contribution is -0.385. The number of carboxylic acids is 1. The molecule has 19 heavy (non-hydrogen) atoms. The van der Waals surface area contributed by atoms with Crippen LogP contribution in [0, 0.1) is 15.5 Å². The van der Waals surface area contributed by atoms with E-state index in [0.717, 1.165) is 26.0 Å². The molecule has 1 aromatic carbocycles. The number of hydrogen-bond acceptors (Lipinski definition) is 5. The lowest BCUT2D eigenvalue weighted by Gasteiger charge is -2.16. The van der Waals surface area contributed by atoms with Gasteiger partial charge in [-0.1, -0.05) is 11.6 Å². The number of nitrogens with zero attached hydrogens (tertiary/aromatic N) is 1. The molecule has 0 aromatic heterocycles. The number of ether oxygens (including phenoxy) is 1. The third kappa shape index (κ3) is 3.19. The molecule has 8 heteroatoms. The maximum Gasteiger partial charge on any atom is 0.328 e. The van der Waals surface area contributed by atoms with Crippen molar-refractivity contribution < 1.29 is 24.4 Å². The topological polar surface area (TPSA) is 107 Å². The highest BCUT2D eigenvalue weighted by Gasteiger charge is 2.39. The molecule has 1 N–H and O–H groups in total. The SMILES string of the molecule is CC(C)(C(=O)O)C(=O)Oc1cc(Cl)ccc1[N+](=O)[O-]. The summed E-state index contributed by atoms with van der Waals surface area (Å²) >= 11 is 5.65. The van der Waals surface area contributed by atoms with E-state index in [9.17, 15) is 19.7 Å². The lowest BCUT2D eigenvalue weighted by atomic mass is 9.94. The molecule has 0 aliphatic rings. The molecule has 0 spiro atoms. The van der Waals surface area contributed by atoms with Crippen LogP contribution in [0.15, 0.2) is 18.2 Å². The molecule has 1 aromatic rings. The molecule has 0 atom stereocenters. The smallest absolute Gasteiger partial charge is 0.328 e. The van der Waals surface area contributed by atoms with Gasteiger partial charge in [-0.05, 0) is 19.9 Å². The Morgan fingerprint density at radius 3 is 2.47 bits per heavy atom. The molecule has 0 bridgehead atoms. The fourth-order valence-electron chi connectivity index (χ4n) is 1.04. The summed E-state index contributed by atoms with van der Waals surface area (Å²) in [4.78, 5) is 32.6. The van der Waals surface area contributed by atoms with E-state index >= 15 is 0 Å².